The molecule has 1 atom stereocenters. The first-order chi connectivity index (χ1) is 16.7. The Balaban J connectivity index is 2.02. The smallest absolute Gasteiger partial charge is 0.0469 e. The van der Waals surface area contributed by atoms with Gasteiger partial charge in [0.05, 0.1) is 0 Å². The van der Waals surface area contributed by atoms with Gasteiger partial charge in [-0.05, 0) is 78.2 Å². The molecule has 1 saturated heterocycles. The van der Waals surface area contributed by atoms with Crippen molar-refractivity contribution in [3.8, 4) is 0 Å². The lowest BCUT2D eigenvalue weighted by Crippen LogP contribution is -2.34. The highest BCUT2D eigenvalue weighted by Crippen LogP contribution is 2.20. The summed E-state index contributed by atoms with van der Waals surface area (Å²) in [5.74, 6) is 0.845. The topological polar surface area (TPSA) is 15.7 Å². The molecule has 0 spiro atoms. The zero-order chi connectivity index (χ0) is 24.5. The largest absolute Gasteiger partial charge is 0.381 e. The van der Waals surface area contributed by atoms with Crippen LogP contribution in [-0.2, 0) is 4.74 Å². The average Bonchev–Trinajstić information content (AvgIpc) is 2.83. The third kappa shape index (κ3) is 21.2. The summed E-state index contributed by atoms with van der Waals surface area (Å²) in [6.07, 6.45) is 29.7. The Morgan fingerprint density at radius 2 is 1.18 bits per heavy atom. The fraction of sp³-hybridized carbons (Fsp3) is 1.00. The summed E-state index contributed by atoms with van der Waals surface area (Å²) in [6, 6.07) is 0. The van der Waals surface area contributed by atoms with Crippen molar-refractivity contribution in [1.82, 2.24) is 9.80 Å². The number of likely N-dealkylation sites (tertiary alicyclic amines) is 1. The molecule has 3 nitrogen and oxygen atoms in total. The highest BCUT2D eigenvalue weighted by Gasteiger charge is 2.16. The van der Waals surface area contributed by atoms with E-state index in [1.54, 1.807) is 0 Å². The van der Waals surface area contributed by atoms with Crippen LogP contribution in [0.2, 0.25) is 0 Å². The van der Waals surface area contributed by atoms with Crippen LogP contribution in [-0.4, -0.2) is 63.3 Å². The van der Waals surface area contributed by atoms with Gasteiger partial charge in [0.2, 0.25) is 0 Å². The van der Waals surface area contributed by atoms with Gasteiger partial charge in [-0.1, -0.05) is 103 Å². The minimum absolute atomic E-state index is 0.845. The molecule has 0 aliphatic carbocycles. The van der Waals surface area contributed by atoms with Crippen molar-refractivity contribution >= 4 is 0 Å². The first-order valence-electron chi connectivity index (χ1n) is 15.7. The average molecular weight is 481 g/mol. The minimum atomic E-state index is 0.845. The van der Waals surface area contributed by atoms with Crippen molar-refractivity contribution in [1.29, 1.82) is 0 Å². The lowest BCUT2D eigenvalue weighted by atomic mass is 9.95. The molecule has 1 rings (SSSR count). The van der Waals surface area contributed by atoms with E-state index in [0.29, 0.717) is 0 Å². The maximum absolute atomic E-state index is 6.02. The van der Waals surface area contributed by atoms with Gasteiger partial charge in [-0.15, -0.1) is 0 Å². The van der Waals surface area contributed by atoms with Gasteiger partial charge >= 0.3 is 0 Å². The molecule has 3 heteroatoms. The summed E-state index contributed by atoms with van der Waals surface area (Å²) < 4.78 is 6.02. The number of piperidine rings is 1. The predicted octanol–water partition coefficient (Wildman–Crippen LogP) is 8.71. The van der Waals surface area contributed by atoms with E-state index in [-0.39, 0.29) is 0 Å². The Bertz CT molecular complexity index is 395. The van der Waals surface area contributed by atoms with Crippen molar-refractivity contribution in [3.05, 3.63) is 0 Å². The lowest BCUT2D eigenvalue weighted by molar-refractivity contribution is 0.101. The predicted molar refractivity (Wildman–Crippen MR) is 152 cm³/mol. The van der Waals surface area contributed by atoms with E-state index in [9.17, 15) is 0 Å². The van der Waals surface area contributed by atoms with Crippen LogP contribution in [0.5, 0.6) is 0 Å². The van der Waals surface area contributed by atoms with Gasteiger partial charge in [0, 0.05) is 19.8 Å². The van der Waals surface area contributed by atoms with Crippen LogP contribution in [0.4, 0.5) is 0 Å². The Hall–Kier alpha value is -0.120. The molecule has 0 aromatic carbocycles. The Kier molecular flexibility index (Phi) is 23.1. The molecule has 1 heterocycles. The van der Waals surface area contributed by atoms with Crippen LogP contribution in [0, 0.1) is 5.92 Å². The van der Waals surface area contributed by atoms with Gasteiger partial charge in [-0.2, -0.15) is 0 Å². The van der Waals surface area contributed by atoms with E-state index in [0.717, 1.165) is 19.1 Å². The summed E-state index contributed by atoms with van der Waals surface area (Å²) in [7, 11) is 4.31. The molecular formula is C31H64N2O. The SMILES string of the molecule is CCCCCCCCCCCCCCCCC(CCOCCCCN(C)C)CN1CCCCC1. The number of unbranched alkanes of at least 4 members (excludes halogenated alkanes) is 14. The molecule has 0 amide bonds. The Labute approximate surface area is 215 Å². The van der Waals surface area contributed by atoms with Crippen LogP contribution in [0.3, 0.4) is 0 Å². The standard InChI is InChI=1S/C31H64N2O/c1-4-5-6-7-8-9-10-11-12-13-14-15-16-18-23-31(30-33-26-19-17-20-27-33)24-29-34-28-22-21-25-32(2)3/h31H,4-30H2,1-3H3. The maximum atomic E-state index is 6.02. The Morgan fingerprint density at radius 3 is 1.74 bits per heavy atom. The highest BCUT2D eigenvalue weighted by molar-refractivity contribution is 4.70. The maximum Gasteiger partial charge on any atom is 0.0469 e. The molecule has 0 bridgehead atoms. The van der Waals surface area contributed by atoms with Gasteiger partial charge in [-0.3, -0.25) is 0 Å². The molecular weight excluding hydrogens is 416 g/mol. The van der Waals surface area contributed by atoms with Crippen LogP contribution >= 0.6 is 0 Å². The van der Waals surface area contributed by atoms with Crippen molar-refractivity contribution < 1.29 is 4.74 Å². The zero-order valence-electron chi connectivity index (χ0n) is 24.0. The Morgan fingerprint density at radius 1 is 0.618 bits per heavy atom. The second-order valence-corrected chi connectivity index (χ2v) is 11.5. The van der Waals surface area contributed by atoms with E-state index in [2.05, 4.69) is 30.8 Å². The zero-order valence-corrected chi connectivity index (χ0v) is 24.0. The van der Waals surface area contributed by atoms with Crippen LogP contribution in [0.1, 0.15) is 142 Å². The molecule has 0 saturated carbocycles. The normalized spacial score (nSPS) is 15.9. The van der Waals surface area contributed by atoms with E-state index < -0.39 is 0 Å². The molecule has 34 heavy (non-hydrogen) atoms. The summed E-state index contributed by atoms with van der Waals surface area (Å²) in [6.45, 7) is 9.39. The molecule has 1 unspecified atom stereocenters. The van der Waals surface area contributed by atoms with Crippen molar-refractivity contribution in [2.75, 3.05) is 53.5 Å². The second kappa shape index (κ2) is 24.6. The van der Waals surface area contributed by atoms with Crippen molar-refractivity contribution in [3.63, 3.8) is 0 Å². The minimum Gasteiger partial charge on any atom is -0.381 e. The fourth-order valence-electron chi connectivity index (χ4n) is 5.45. The molecule has 0 N–H and O–H groups in total. The van der Waals surface area contributed by atoms with Crippen LogP contribution in [0.25, 0.3) is 0 Å². The van der Waals surface area contributed by atoms with Crippen LogP contribution in [0.15, 0.2) is 0 Å². The first kappa shape index (κ1) is 31.9. The number of hydrogen-bond acceptors (Lipinski definition) is 3. The molecule has 0 radical (unpaired) electrons. The molecule has 1 fully saturated rings. The molecule has 0 aromatic rings. The summed E-state index contributed by atoms with van der Waals surface area (Å²) in [5, 5.41) is 0. The fourth-order valence-corrected chi connectivity index (χ4v) is 5.45. The quantitative estimate of drug-likeness (QED) is 0.121. The third-order valence-electron chi connectivity index (χ3n) is 7.75. The number of nitrogens with zero attached hydrogens (tertiary/aromatic N) is 2. The van der Waals surface area contributed by atoms with E-state index >= 15 is 0 Å². The monoisotopic (exact) mass is 481 g/mol. The van der Waals surface area contributed by atoms with Crippen LogP contribution < -0.4 is 0 Å². The molecule has 1 aliphatic rings. The molecule has 0 aromatic heterocycles. The molecule has 204 valence electrons. The number of hydrogen-bond donors (Lipinski definition) is 0. The summed E-state index contributed by atoms with van der Waals surface area (Å²) in [5.41, 5.74) is 0. The second-order valence-electron chi connectivity index (χ2n) is 11.5. The van der Waals surface area contributed by atoms with Gasteiger partial charge in [0.1, 0.15) is 0 Å². The summed E-state index contributed by atoms with van der Waals surface area (Å²) in [4.78, 5) is 5.01. The highest BCUT2D eigenvalue weighted by atomic mass is 16.5. The first-order valence-corrected chi connectivity index (χ1v) is 15.7. The van der Waals surface area contributed by atoms with Gasteiger partial charge < -0.3 is 14.5 Å². The van der Waals surface area contributed by atoms with Gasteiger partial charge in [-0.25, -0.2) is 0 Å². The summed E-state index contributed by atoms with van der Waals surface area (Å²) >= 11 is 0. The number of rotatable bonds is 25. The lowest BCUT2D eigenvalue weighted by Gasteiger charge is -2.30. The molecule has 1 aliphatic heterocycles. The van der Waals surface area contributed by atoms with E-state index in [1.165, 1.54) is 161 Å². The van der Waals surface area contributed by atoms with Gasteiger partial charge in [0.25, 0.3) is 0 Å². The van der Waals surface area contributed by atoms with E-state index in [4.69, 9.17) is 4.74 Å². The van der Waals surface area contributed by atoms with Crippen molar-refractivity contribution in [2.24, 2.45) is 5.92 Å². The van der Waals surface area contributed by atoms with Crippen molar-refractivity contribution in [2.45, 2.75) is 142 Å². The third-order valence-corrected chi connectivity index (χ3v) is 7.75. The van der Waals surface area contributed by atoms with Gasteiger partial charge in [0.15, 0.2) is 0 Å². The number of ether oxygens (including phenoxy) is 1. The van der Waals surface area contributed by atoms with E-state index in [1.807, 2.05) is 0 Å².